The van der Waals surface area contributed by atoms with Crippen molar-refractivity contribution in [2.24, 2.45) is 5.10 Å². The van der Waals surface area contributed by atoms with Gasteiger partial charge in [0.1, 0.15) is 18.0 Å². The Hall–Kier alpha value is -4.26. The molecule has 0 fully saturated rings. The summed E-state index contributed by atoms with van der Waals surface area (Å²) in [6.45, 7) is -0.501. The van der Waals surface area contributed by atoms with Gasteiger partial charge in [0.05, 0.1) is 11.1 Å². The van der Waals surface area contributed by atoms with E-state index in [1.54, 1.807) is 24.3 Å². The van der Waals surface area contributed by atoms with Gasteiger partial charge in [-0.1, -0.05) is 48.5 Å². The number of hydrogen-bond donors (Lipinski definition) is 1. The second-order valence-corrected chi connectivity index (χ2v) is 10.4. The van der Waals surface area contributed by atoms with Gasteiger partial charge in [0.25, 0.3) is 5.09 Å². The van der Waals surface area contributed by atoms with Gasteiger partial charge < -0.3 is 4.84 Å². The Morgan fingerprint density at radius 3 is 2.11 bits per heavy atom. The first kappa shape index (κ1) is 25.8. The highest BCUT2D eigenvalue weighted by Gasteiger charge is 2.44. The maximum absolute atomic E-state index is 13.7. The minimum Gasteiger partial charge on any atom is -0.309 e. The minimum absolute atomic E-state index is 0.0700. The minimum atomic E-state index is -3.44. The average Bonchev–Trinajstić information content (AvgIpc) is 2.85. The standard InChI is InChI=1S/C25H21FN3O7S/c1-37(34,35)22-12-8-19(9-13-22)23-14-27-29(33,25(30)24(23)20-6-10-21(26)11-7-20)15-17-2-4-18(5-3-17)16-36-28(31)32/h2-14,33H,15-16H2,1H3/q+1. The number of benzene rings is 3. The van der Waals surface area contributed by atoms with Crippen molar-refractivity contribution in [1.29, 1.82) is 0 Å². The third kappa shape index (κ3) is 5.77. The van der Waals surface area contributed by atoms with E-state index in [-0.39, 0.29) is 23.6 Å². The van der Waals surface area contributed by atoms with Crippen LogP contribution in [0.4, 0.5) is 4.39 Å². The van der Waals surface area contributed by atoms with E-state index < -0.39 is 31.4 Å². The van der Waals surface area contributed by atoms with E-state index in [4.69, 9.17) is 0 Å². The molecule has 1 amide bonds. The van der Waals surface area contributed by atoms with Crippen LogP contribution in [0.25, 0.3) is 11.1 Å². The zero-order chi connectivity index (χ0) is 26.8. The van der Waals surface area contributed by atoms with Gasteiger partial charge in [0.2, 0.25) is 0 Å². The Morgan fingerprint density at radius 1 is 0.973 bits per heavy atom. The van der Waals surface area contributed by atoms with Crippen molar-refractivity contribution in [3.63, 3.8) is 0 Å². The lowest BCUT2D eigenvalue weighted by Gasteiger charge is -2.26. The van der Waals surface area contributed by atoms with Crippen molar-refractivity contribution in [2.45, 2.75) is 18.0 Å². The molecule has 3 aromatic carbocycles. The number of sulfone groups is 1. The topological polar surface area (TPSA) is 136 Å². The summed E-state index contributed by atoms with van der Waals surface area (Å²) in [5.41, 5.74) is 2.24. The van der Waals surface area contributed by atoms with Gasteiger partial charge in [-0.3, -0.25) is 0 Å². The fraction of sp³-hybridized carbons (Fsp3) is 0.120. The number of hydrogen-bond acceptors (Lipinski definition) is 8. The average molecular weight is 527 g/mol. The van der Waals surface area contributed by atoms with Crippen molar-refractivity contribution in [3.05, 3.63) is 111 Å². The number of allylic oxidation sites excluding steroid dienone is 1. The monoisotopic (exact) mass is 526 g/mol. The van der Waals surface area contributed by atoms with Crippen LogP contribution >= 0.6 is 0 Å². The fourth-order valence-electron chi connectivity index (χ4n) is 3.80. The second-order valence-electron chi connectivity index (χ2n) is 8.34. The van der Waals surface area contributed by atoms with Crippen LogP contribution in [0.3, 0.4) is 0 Å². The third-order valence-electron chi connectivity index (χ3n) is 5.68. The van der Waals surface area contributed by atoms with Crippen LogP contribution in [0.5, 0.6) is 0 Å². The Bertz CT molecular complexity index is 1520. The maximum atomic E-state index is 13.7. The van der Waals surface area contributed by atoms with E-state index in [0.29, 0.717) is 27.8 Å². The van der Waals surface area contributed by atoms with E-state index in [1.165, 1.54) is 54.7 Å². The summed E-state index contributed by atoms with van der Waals surface area (Å²) >= 11 is 0. The first-order valence-corrected chi connectivity index (χ1v) is 12.7. The molecule has 1 unspecified atom stereocenters. The van der Waals surface area contributed by atoms with E-state index in [0.717, 1.165) is 6.26 Å². The second kappa shape index (κ2) is 10.0. The Kier molecular flexibility index (Phi) is 6.99. The molecule has 3 aromatic rings. The first-order chi connectivity index (χ1) is 17.5. The van der Waals surface area contributed by atoms with Gasteiger partial charge in [0.15, 0.2) is 16.4 Å². The SMILES string of the molecule is CS(=O)(=O)c1ccc(C2=C(c3ccc(F)cc3)C(=O)[N+](O)(Cc3ccc(CO[N+](=O)[O-])cc3)N=C2)cc1. The zero-order valence-corrected chi connectivity index (χ0v) is 20.3. The van der Waals surface area contributed by atoms with Crippen molar-refractivity contribution in [3.8, 4) is 0 Å². The van der Waals surface area contributed by atoms with Crippen molar-refractivity contribution >= 4 is 33.1 Å². The molecule has 0 aliphatic carbocycles. The summed E-state index contributed by atoms with van der Waals surface area (Å²) in [6.07, 6.45) is 2.39. The smallest absolute Gasteiger partial charge is 0.309 e. The van der Waals surface area contributed by atoms with Crippen LogP contribution in [0.2, 0.25) is 0 Å². The quantitative estimate of drug-likeness (QED) is 0.204. The summed E-state index contributed by atoms with van der Waals surface area (Å²) in [5, 5.41) is 24.8. The Morgan fingerprint density at radius 2 is 1.54 bits per heavy atom. The van der Waals surface area contributed by atoms with Crippen molar-refractivity contribution in [2.75, 3.05) is 6.26 Å². The van der Waals surface area contributed by atoms with Crippen LogP contribution in [0.1, 0.15) is 22.3 Å². The van der Waals surface area contributed by atoms with Gasteiger partial charge in [-0.15, -0.1) is 10.1 Å². The lowest BCUT2D eigenvalue weighted by atomic mass is 9.93. The summed E-state index contributed by atoms with van der Waals surface area (Å²) in [7, 11) is -3.44. The number of carbonyl (C=O) groups is 1. The van der Waals surface area contributed by atoms with Crippen molar-refractivity contribution < 1.29 is 37.5 Å². The van der Waals surface area contributed by atoms with Crippen LogP contribution in [0.15, 0.2) is 82.8 Å². The van der Waals surface area contributed by atoms with Crippen LogP contribution in [-0.2, 0) is 32.6 Å². The molecule has 0 radical (unpaired) electrons. The normalized spacial score (nSPS) is 17.6. The van der Waals surface area contributed by atoms with E-state index >= 15 is 0 Å². The fourth-order valence-corrected chi connectivity index (χ4v) is 4.43. The highest BCUT2D eigenvalue weighted by atomic mass is 32.2. The van der Waals surface area contributed by atoms with Crippen LogP contribution in [0, 0.1) is 15.9 Å². The van der Waals surface area contributed by atoms with E-state index in [9.17, 15) is 32.9 Å². The number of rotatable bonds is 8. The molecular weight excluding hydrogens is 505 g/mol. The van der Waals surface area contributed by atoms with Crippen LogP contribution in [-0.4, -0.2) is 41.8 Å². The van der Waals surface area contributed by atoms with Crippen LogP contribution < -0.4 is 0 Å². The first-order valence-electron chi connectivity index (χ1n) is 10.8. The van der Waals surface area contributed by atoms with E-state index in [1.807, 2.05) is 0 Å². The number of nitrogens with zero attached hydrogens (tertiary/aromatic N) is 3. The molecule has 0 spiro atoms. The van der Waals surface area contributed by atoms with E-state index in [2.05, 4.69) is 9.94 Å². The zero-order valence-electron chi connectivity index (χ0n) is 19.4. The molecule has 1 heterocycles. The Balaban J connectivity index is 1.71. The van der Waals surface area contributed by atoms with Gasteiger partial charge in [0, 0.05) is 22.1 Å². The molecule has 1 atom stereocenters. The highest BCUT2D eigenvalue weighted by molar-refractivity contribution is 7.90. The maximum Gasteiger partial charge on any atom is 0.406 e. The van der Waals surface area contributed by atoms with Gasteiger partial charge in [-0.2, -0.15) is 5.21 Å². The van der Waals surface area contributed by atoms with Crippen molar-refractivity contribution in [1.82, 2.24) is 0 Å². The summed E-state index contributed by atoms with van der Waals surface area (Å²) in [4.78, 5) is 28.5. The lowest BCUT2D eigenvalue weighted by molar-refractivity contribution is -1.05. The molecule has 37 heavy (non-hydrogen) atoms. The summed E-state index contributed by atoms with van der Waals surface area (Å²) < 4.78 is 35.9. The molecule has 1 N–H and O–H groups in total. The molecule has 4 rings (SSSR count). The largest absolute Gasteiger partial charge is 0.406 e. The Labute approximate surface area is 211 Å². The molecule has 10 nitrogen and oxygen atoms in total. The predicted molar refractivity (Wildman–Crippen MR) is 130 cm³/mol. The summed E-state index contributed by atoms with van der Waals surface area (Å²) in [6, 6.07) is 17.3. The third-order valence-corrected chi connectivity index (χ3v) is 6.80. The number of carbonyl (C=O) groups excluding carboxylic acids is 1. The lowest BCUT2D eigenvalue weighted by Crippen LogP contribution is -2.47. The molecule has 190 valence electrons. The number of quaternary nitrogens is 1. The molecule has 0 bridgehead atoms. The molecule has 0 saturated carbocycles. The molecule has 1 aliphatic rings. The van der Waals surface area contributed by atoms with Gasteiger partial charge >= 0.3 is 5.91 Å². The summed E-state index contributed by atoms with van der Waals surface area (Å²) in [5.74, 6) is -1.29. The van der Waals surface area contributed by atoms with Gasteiger partial charge in [-0.25, -0.2) is 17.6 Å². The number of amides is 1. The predicted octanol–water partition coefficient (Wildman–Crippen LogP) is 3.78. The highest BCUT2D eigenvalue weighted by Crippen LogP contribution is 2.34. The molecule has 12 heteroatoms. The number of hydroxylamine groups is 2. The molecular formula is C25H21FN3O7S+. The molecule has 0 saturated heterocycles. The van der Waals surface area contributed by atoms with Gasteiger partial charge in [-0.05, 0) is 46.1 Å². The molecule has 0 aromatic heterocycles. The number of halogens is 1. The molecule has 1 aliphatic heterocycles.